The number of aryl methyl sites for hydroxylation is 4. The van der Waals surface area contributed by atoms with E-state index in [9.17, 15) is 0 Å². The molecule has 1 aromatic heterocycles. The highest BCUT2D eigenvalue weighted by Gasteiger charge is 2.11. The fourth-order valence-corrected chi connectivity index (χ4v) is 2.37. The van der Waals surface area contributed by atoms with Crippen molar-refractivity contribution >= 4 is 10.9 Å². The molecule has 0 atom stereocenters. The minimum atomic E-state index is 0.692. The first-order valence-corrected chi connectivity index (χ1v) is 7.05. The Kier molecular flexibility index (Phi) is 5.34. The average Bonchev–Trinajstić information content (AvgIpc) is 2.39. The molecule has 2 heteroatoms. The molecule has 0 aliphatic carbocycles. The standard InChI is InChI=1S/C15H19NO.C2H6/c1-6-17-15-10(3)8-13-9(2)7-11(4)16-14(13)12(15)5;1-2/h7-8H,6H2,1-5H3;1-2H3. The predicted octanol–water partition coefficient (Wildman–Crippen LogP) is 4.89. The number of aromatic nitrogens is 1. The quantitative estimate of drug-likeness (QED) is 0.765. The summed E-state index contributed by atoms with van der Waals surface area (Å²) in [6, 6.07) is 4.30. The van der Waals surface area contributed by atoms with Crippen molar-refractivity contribution in [1.82, 2.24) is 4.98 Å². The molecule has 0 spiro atoms. The molecule has 0 saturated heterocycles. The van der Waals surface area contributed by atoms with E-state index in [2.05, 4.69) is 37.9 Å². The first-order valence-electron chi connectivity index (χ1n) is 7.05. The minimum Gasteiger partial charge on any atom is -0.493 e. The molecular weight excluding hydrogens is 234 g/mol. The molecule has 0 saturated carbocycles. The van der Waals surface area contributed by atoms with Crippen LogP contribution in [0.2, 0.25) is 0 Å². The molecule has 0 bridgehead atoms. The Morgan fingerprint density at radius 3 is 2.21 bits per heavy atom. The van der Waals surface area contributed by atoms with Crippen LogP contribution >= 0.6 is 0 Å². The van der Waals surface area contributed by atoms with Crippen LogP contribution in [0.1, 0.15) is 43.2 Å². The van der Waals surface area contributed by atoms with Gasteiger partial charge in [0, 0.05) is 16.6 Å². The normalized spacial score (nSPS) is 10.1. The summed E-state index contributed by atoms with van der Waals surface area (Å²) in [6.45, 7) is 15.1. The van der Waals surface area contributed by atoms with E-state index in [1.54, 1.807) is 0 Å². The monoisotopic (exact) mass is 259 g/mol. The molecule has 1 aromatic carbocycles. The fraction of sp³-hybridized carbons (Fsp3) is 0.471. The highest BCUT2D eigenvalue weighted by atomic mass is 16.5. The predicted molar refractivity (Wildman–Crippen MR) is 83.2 cm³/mol. The van der Waals surface area contributed by atoms with Crippen molar-refractivity contribution in [1.29, 1.82) is 0 Å². The summed E-state index contributed by atoms with van der Waals surface area (Å²) in [5.74, 6) is 0.984. The van der Waals surface area contributed by atoms with Gasteiger partial charge in [-0.15, -0.1) is 0 Å². The number of hydrogen-bond donors (Lipinski definition) is 0. The van der Waals surface area contributed by atoms with Crippen molar-refractivity contribution in [2.45, 2.75) is 48.5 Å². The van der Waals surface area contributed by atoms with Gasteiger partial charge >= 0.3 is 0 Å². The second-order valence-corrected chi connectivity index (χ2v) is 4.56. The third-order valence-electron chi connectivity index (χ3n) is 3.10. The Balaban J connectivity index is 0.000000861. The summed E-state index contributed by atoms with van der Waals surface area (Å²) in [4.78, 5) is 4.64. The molecule has 104 valence electrons. The topological polar surface area (TPSA) is 22.1 Å². The van der Waals surface area contributed by atoms with Crippen LogP contribution in [0.15, 0.2) is 12.1 Å². The second kappa shape index (κ2) is 6.55. The van der Waals surface area contributed by atoms with Gasteiger partial charge in [0.05, 0.1) is 12.1 Å². The molecule has 2 aromatic rings. The van der Waals surface area contributed by atoms with Crippen LogP contribution < -0.4 is 4.74 Å². The molecule has 0 radical (unpaired) electrons. The summed E-state index contributed by atoms with van der Waals surface area (Å²) < 4.78 is 5.72. The van der Waals surface area contributed by atoms with Gasteiger partial charge in [-0.3, -0.25) is 4.98 Å². The highest BCUT2D eigenvalue weighted by Crippen LogP contribution is 2.31. The summed E-state index contributed by atoms with van der Waals surface area (Å²) in [5.41, 5.74) is 5.74. The Bertz CT molecular complexity index is 573. The van der Waals surface area contributed by atoms with Crippen LogP contribution in [-0.4, -0.2) is 11.6 Å². The lowest BCUT2D eigenvalue weighted by Gasteiger charge is -2.14. The third-order valence-corrected chi connectivity index (χ3v) is 3.10. The van der Waals surface area contributed by atoms with Crippen LogP contribution in [0.3, 0.4) is 0 Å². The summed E-state index contributed by atoms with van der Waals surface area (Å²) in [7, 11) is 0. The Morgan fingerprint density at radius 1 is 1.00 bits per heavy atom. The first-order chi connectivity index (χ1) is 9.04. The van der Waals surface area contributed by atoms with Crippen LogP contribution in [0.25, 0.3) is 10.9 Å². The molecule has 0 N–H and O–H groups in total. The van der Waals surface area contributed by atoms with Crippen molar-refractivity contribution in [2.24, 2.45) is 0 Å². The van der Waals surface area contributed by atoms with Gasteiger partial charge in [0.2, 0.25) is 0 Å². The Morgan fingerprint density at radius 2 is 1.63 bits per heavy atom. The second-order valence-electron chi connectivity index (χ2n) is 4.56. The van der Waals surface area contributed by atoms with E-state index >= 15 is 0 Å². The molecule has 0 unspecified atom stereocenters. The summed E-state index contributed by atoms with van der Waals surface area (Å²) >= 11 is 0. The maximum absolute atomic E-state index is 5.72. The number of hydrogen-bond acceptors (Lipinski definition) is 2. The minimum absolute atomic E-state index is 0.692. The lowest BCUT2D eigenvalue weighted by atomic mass is 10.0. The number of ether oxygens (including phenoxy) is 1. The van der Waals surface area contributed by atoms with Gasteiger partial charge in [0.15, 0.2) is 0 Å². The van der Waals surface area contributed by atoms with Crippen molar-refractivity contribution in [2.75, 3.05) is 6.61 Å². The zero-order valence-electron chi connectivity index (χ0n) is 13.2. The van der Waals surface area contributed by atoms with Gasteiger partial charge in [-0.25, -0.2) is 0 Å². The van der Waals surface area contributed by atoms with Crippen molar-refractivity contribution < 1.29 is 4.74 Å². The van der Waals surface area contributed by atoms with Crippen LogP contribution in [-0.2, 0) is 0 Å². The van der Waals surface area contributed by atoms with Gasteiger partial charge in [0.1, 0.15) is 5.75 Å². The van der Waals surface area contributed by atoms with Gasteiger partial charge in [-0.2, -0.15) is 0 Å². The Labute approximate surface area is 116 Å². The number of benzene rings is 1. The largest absolute Gasteiger partial charge is 0.493 e. The summed E-state index contributed by atoms with van der Waals surface area (Å²) in [6.07, 6.45) is 0. The lowest BCUT2D eigenvalue weighted by molar-refractivity contribution is 0.336. The molecule has 1 heterocycles. The van der Waals surface area contributed by atoms with Crippen molar-refractivity contribution in [3.8, 4) is 5.75 Å². The van der Waals surface area contributed by atoms with Crippen LogP contribution in [0.5, 0.6) is 5.75 Å². The molecule has 2 nitrogen and oxygen atoms in total. The van der Waals surface area contributed by atoms with Crippen LogP contribution in [0.4, 0.5) is 0 Å². The summed E-state index contributed by atoms with van der Waals surface area (Å²) in [5, 5.41) is 1.23. The van der Waals surface area contributed by atoms with Gasteiger partial charge in [-0.05, 0) is 57.9 Å². The molecule has 19 heavy (non-hydrogen) atoms. The smallest absolute Gasteiger partial charge is 0.127 e. The van der Waals surface area contributed by atoms with E-state index < -0.39 is 0 Å². The molecule has 0 amide bonds. The number of nitrogens with zero attached hydrogens (tertiary/aromatic N) is 1. The van der Waals surface area contributed by atoms with Crippen LogP contribution in [0, 0.1) is 27.7 Å². The van der Waals surface area contributed by atoms with E-state index in [0.717, 1.165) is 22.5 Å². The molecule has 2 rings (SSSR count). The maximum Gasteiger partial charge on any atom is 0.127 e. The lowest BCUT2D eigenvalue weighted by Crippen LogP contribution is -1.99. The fourth-order valence-electron chi connectivity index (χ4n) is 2.37. The Hall–Kier alpha value is -1.57. The van der Waals surface area contributed by atoms with E-state index in [4.69, 9.17) is 4.74 Å². The average molecular weight is 259 g/mol. The van der Waals surface area contributed by atoms with E-state index in [1.165, 1.54) is 16.5 Å². The SMILES string of the molecule is CC.CCOc1c(C)cc2c(C)cc(C)nc2c1C. The number of pyridine rings is 1. The zero-order chi connectivity index (χ0) is 14.6. The van der Waals surface area contributed by atoms with Crippen molar-refractivity contribution in [3.05, 3.63) is 34.5 Å². The maximum atomic E-state index is 5.72. The highest BCUT2D eigenvalue weighted by molar-refractivity contribution is 5.88. The molecule has 0 fully saturated rings. The number of rotatable bonds is 2. The molecular formula is C17H25NO. The van der Waals surface area contributed by atoms with E-state index in [0.29, 0.717) is 6.61 Å². The van der Waals surface area contributed by atoms with E-state index in [1.807, 2.05) is 27.7 Å². The molecule has 0 aliphatic heterocycles. The first kappa shape index (κ1) is 15.5. The van der Waals surface area contributed by atoms with E-state index in [-0.39, 0.29) is 0 Å². The van der Waals surface area contributed by atoms with Gasteiger partial charge in [0.25, 0.3) is 0 Å². The van der Waals surface area contributed by atoms with Gasteiger partial charge < -0.3 is 4.74 Å². The number of fused-ring (bicyclic) bond motifs is 1. The third kappa shape index (κ3) is 3.06. The zero-order valence-corrected chi connectivity index (χ0v) is 13.2. The molecule has 0 aliphatic rings. The van der Waals surface area contributed by atoms with Gasteiger partial charge in [-0.1, -0.05) is 13.8 Å². The van der Waals surface area contributed by atoms with Crippen molar-refractivity contribution in [3.63, 3.8) is 0 Å².